The number of ether oxygens (including phenoxy) is 3. The van der Waals surface area contributed by atoms with Gasteiger partial charge >= 0.3 is 5.97 Å². The van der Waals surface area contributed by atoms with Gasteiger partial charge in [0.05, 0.1) is 30.4 Å². The Morgan fingerprint density at radius 3 is 2.42 bits per heavy atom. The Kier molecular flexibility index (Phi) is 8.90. The number of aromatic nitrogens is 2. The van der Waals surface area contributed by atoms with Gasteiger partial charge in [-0.25, -0.2) is 4.98 Å². The van der Waals surface area contributed by atoms with E-state index in [2.05, 4.69) is 15.3 Å². The number of rotatable bonds is 10. The SMILES string of the molecule is CCOC(=O)Cc1csc(NC(=O)c2cc(Oc3ccc(C(=O)N4CCCC4)cc3)nc(OC(C)C)c2)n1. The number of carbonyl (C=O) groups is 3. The lowest BCUT2D eigenvalue weighted by Gasteiger charge is -2.15. The molecule has 3 heterocycles. The zero-order chi connectivity index (χ0) is 27.1. The van der Waals surface area contributed by atoms with Crippen LogP contribution in [0.15, 0.2) is 41.8 Å². The third-order valence-electron chi connectivity index (χ3n) is 5.52. The van der Waals surface area contributed by atoms with Gasteiger partial charge in [-0.3, -0.25) is 19.7 Å². The lowest BCUT2D eigenvalue weighted by molar-refractivity contribution is -0.142. The zero-order valence-corrected chi connectivity index (χ0v) is 22.4. The molecule has 4 rings (SSSR count). The molecule has 38 heavy (non-hydrogen) atoms. The molecule has 1 aromatic carbocycles. The van der Waals surface area contributed by atoms with Gasteiger partial charge in [0.2, 0.25) is 11.8 Å². The number of hydrogen-bond acceptors (Lipinski definition) is 9. The number of hydrogen-bond donors (Lipinski definition) is 1. The van der Waals surface area contributed by atoms with E-state index in [1.54, 1.807) is 36.6 Å². The van der Waals surface area contributed by atoms with Crippen LogP contribution in [0.3, 0.4) is 0 Å². The molecule has 1 saturated heterocycles. The first-order valence-corrected chi connectivity index (χ1v) is 13.4. The fourth-order valence-corrected chi connectivity index (χ4v) is 4.54. The van der Waals surface area contributed by atoms with Crippen LogP contribution < -0.4 is 14.8 Å². The van der Waals surface area contributed by atoms with Crippen molar-refractivity contribution in [3.63, 3.8) is 0 Å². The van der Waals surface area contributed by atoms with Crippen LogP contribution in [0.4, 0.5) is 5.13 Å². The number of esters is 1. The molecule has 0 bridgehead atoms. The van der Waals surface area contributed by atoms with Crippen LogP contribution in [-0.2, 0) is 16.0 Å². The van der Waals surface area contributed by atoms with Gasteiger partial charge in [-0.05, 0) is 57.9 Å². The van der Waals surface area contributed by atoms with Crippen molar-refractivity contribution < 1.29 is 28.6 Å². The number of anilines is 1. The van der Waals surface area contributed by atoms with Crippen LogP contribution >= 0.6 is 11.3 Å². The number of benzene rings is 1. The maximum Gasteiger partial charge on any atom is 0.311 e. The zero-order valence-electron chi connectivity index (χ0n) is 21.6. The number of likely N-dealkylation sites (tertiary alicyclic amines) is 1. The average molecular weight is 539 g/mol. The van der Waals surface area contributed by atoms with Crippen molar-refractivity contribution >= 4 is 34.3 Å². The van der Waals surface area contributed by atoms with Gasteiger partial charge in [-0.2, -0.15) is 4.98 Å². The van der Waals surface area contributed by atoms with Crippen molar-refractivity contribution in [2.45, 2.75) is 46.1 Å². The van der Waals surface area contributed by atoms with Crippen molar-refractivity contribution in [2.75, 3.05) is 25.0 Å². The molecular weight excluding hydrogens is 508 g/mol. The first-order chi connectivity index (χ1) is 18.3. The Hall–Kier alpha value is -3.99. The second-order valence-electron chi connectivity index (χ2n) is 8.90. The van der Waals surface area contributed by atoms with Crippen LogP contribution in [0.5, 0.6) is 17.5 Å². The summed E-state index contributed by atoms with van der Waals surface area (Å²) in [6, 6.07) is 9.84. The monoisotopic (exact) mass is 538 g/mol. The minimum absolute atomic E-state index is 0.00561. The largest absolute Gasteiger partial charge is 0.475 e. The van der Waals surface area contributed by atoms with Gasteiger partial charge < -0.3 is 19.1 Å². The minimum Gasteiger partial charge on any atom is -0.475 e. The highest BCUT2D eigenvalue weighted by Gasteiger charge is 2.20. The molecule has 2 aromatic heterocycles. The highest BCUT2D eigenvalue weighted by molar-refractivity contribution is 7.14. The number of nitrogens with zero attached hydrogens (tertiary/aromatic N) is 3. The maximum absolute atomic E-state index is 13.0. The summed E-state index contributed by atoms with van der Waals surface area (Å²) >= 11 is 1.21. The Bertz CT molecular complexity index is 1280. The number of pyridine rings is 1. The Morgan fingerprint density at radius 1 is 1.03 bits per heavy atom. The molecule has 11 heteroatoms. The summed E-state index contributed by atoms with van der Waals surface area (Å²) in [6.07, 6.45) is 1.91. The van der Waals surface area contributed by atoms with Crippen LogP contribution in [0, 0.1) is 0 Å². The summed E-state index contributed by atoms with van der Waals surface area (Å²) in [5.74, 6) is 0.0442. The van der Waals surface area contributed by atoms with Gasteiger partial charge in [0.15, 0.2) is 5.13 Å². The maximum atomic E-state index is 13.0. The summed E-state index contributed by atoms with van der Waals surface area (Å²) in [6.45, 7) is 7.29. The Labute approximate surface area is 224 Å². The molecular formula is C27H30N4O6S. The molecule has 1 aliphatic heterocycles. The fourth-order valence-electron chi connectivity index (χ4n) is 3.83. The normalized spacial score (nSPS) is 12.9. The van der Waals surface area contributed by atoms with E-state index in [-0.39, 0.29) is 41.7 Å². The molecule has 0 saturated carbocycles. The van der Waals surface area contributed by atoms with Crippen molar-refractivity contribution in [1.29, 1.82) is 0 Å². The third-order valence-corrected chi connectivity index (χ3v) is 6.32. The number of amides is 2. The Balaban J connectivity index is 1.47. The molecule has 1 N–H and O–H groups in total. The molecule has 3 aromatic rings. The van der Waals surface area contributed by atoms with E-state index < -0.39 is 5.91 Å². The average Bonchev–Trinajstić information content (AvgIpc) is 3.56. The van der Waals surface area contributed by atoms with Gasteiger partial charge in [0.25, 0.3) is 11.8 Å². The summed E-state index contributed by atoms with van der Waals surface area (Å²) < 4.78 is 16.6. The number of thiazole rings is 1. The summed E-state index contributed by atoms with van der Waals surface area (Å²) in [7, 11) is 0. The van der Waals surface area contributed by atoms with Gasteiger partial charge in [0.1, 0.15) is 5.75 Å². The lowest BCUT2D eigenvalue weighted by atomic mass is 10.2. The fraction of sp³-hybridized carbons (Fsp3) is 0.370. The molecule has 0 spiro atoms. The second kappa shape index (κ2) is 12.5. The van der Waals surface area contributed by atoms with Crippen LogP contribution in [0.2, 0.25) is 0 Å². The number of nitrogens with one attached hydrogen (secondary N) is 1. The van der Waals surface area contributed by atoms with Crippen molar-refractivity contribution in [1.82, 2.24) is 14.9 Å². The van der Waals surface area contributed by atoms with E-state index in [4.69, 9.17) is 14.2 Å². The second-order valence-corrected chi connectivity index (χ2v) is 9.76. The highest BCUT2D eigenvalue weighted by Crippen LogP contribution is 2.26. The number of carbonyl (C=O) groups excluding carboxylic acids is 3. The Morgan fingerprint density at radius 2 is 1.74 bits per heavy atom. The van der Waals surface area contributed by atoms with Crippen molar-refractivity contribution in [3.8, 4) is 17.5 Å². The van der Waals surface area contributed by atoms with E-state index in [1.807, 2.05) is 18.7 Å². The summed E-state index contributed by atoms with van der Waals surface area (Å²) in [4.78, 5) is 47.8. The molecule has 0 aliphatic carbocycles. The van der Waals surface area contributed by atoms with Crippen molar-refractivity contribution in [3.05, 3.63) is 58.6 Å². The summed E-state index contributed by atoms with van der Waals surface area (Å²) in [5.41, 5.74) is 1.36. The van der Waals surface area contributed by atoms with Crippen LogP contribution in [-0.4, -0.2) is 58.5 Å². The molecule has 0 atom stereocenters. The molecule has 2 amide bonds. The predicted octanol–water partition coefficient (Wildman–Crippen LogP) is 4.71. The van der Waals surface area contributed by atoms with Gasteiger partial charge in [-0.15, -0.1) is 11.3 Å². The molecule has 1 fully saturated rings. The van der Waals surface area contributed by atoms with E-state index in [1.165, 1.54) is 23.5 Å². The first kappa shape index (κ1) is 27.1. The predicted molar refractivity (Wildman–Crippen MR) is 142 cm³/mol. The minimum atomic E-state index is -0.436. The molecule has 0 unspecified atom stereocenters. The third kappa shape index (κ3) is 7.28. The standard InChI is InChI=1S/C27H30N4O6S/c1-4-35-24(32)15-20-16-38-27(28-20)30-25(33)19-13-22(36-17(2)3)29-23(14-19)37-21-9-7-18(8-10-21)26(34)31-11-5-6-12-31/h7-10,13-14,16-17H,4-6,11-12,15H2,1-3H3,(H,28,30,33). The van der Waals surface area contributed by atoms with Gasteiger partial charge in [0, 0.05) is 36.2 Å². The smallest absolute Gasteiger partial charge is 0.311 e. The van der Waals surface area contributed by atoms with E-state index in [9.17, 15) is 14.4 Å². The molecule has 10 nitrogen and oxygen atoms in total. The first-order valence-electron chi connectivity index (χ1n) is 12.5. The van der Waals surface area contributed by atoms with Gasteiger partial charge in [-0.1, -0.05) is 0 Å². The van der Waals surface area contributed by atoms with Crippen LogP contribution in [0.1, 0.15) is 60.0 Å². The lowest BCUT2D eigenvalue weighted by Crippen LogP contribution is -2.27. The van der Waals surface area contributed by atoms with E-state index in [0.29, 0.717) is 28.7 Å². The topological polar surface area (TPSA) is 120 Å². The summed E-state index contributed by atoms with van der Waals surface area (Å²) in [5, 5.41) is 4.78. The molecule has 1 aliphatic rings. The van der Waals surface area contributed by atoms with Crippen LogP contribution in [0.25, 0.3) is 0 Å². The highest BCUT2D eigenvalue weighted by atomic mass is 32.1. The molecule has 0 radical (unpaired) electrons. The van der Waals surface area contributed by atoms with Crippen molar-refractivity contribution in [2.24, 2.45) is 0 Å². The quantitative estimate of drug-likeness (QED) is 0.369. The van der Waals surface area contributed by atoms with E-state index >= 15 is 0 Å². The van der Waals surface area contributed by atoms with E-state index in [0.717, 1.165) is 25.9 Å². The molecule has 200 valence electrons.